The molecule has 0 aromatic heterocycles. The van der Waals surface area contributed by atoms with Gasteiger partial charge < -0.3 is 78.4 Å². The van der Waals surface area contributed by atoms with Crippen LogP contribution in [0.4, 0.5) is 0 Å². The van der Waals surface area contributed by atoms with E-state index in [2.05, 4.69) is 0 Å². The Morgan fingerprint density at radius 3 is 1.76 bits per heavy atom. The summed E-state index contributed by atoms with van der Waals surface area (Å²) in [4.78, 5) is 13.0. The van der Waals surface area contributed by atoms with Gasteiger partial charge in [0, 0.05) is 18.1 Å². The monoisotopic (exact) mass is 762 g/mol. The third kappa shape index (κ3) is 7.55. The number of hydrogen-bond acceptors (Lipinski definition) is 17. The maximum atomic E-state index is 13.0. The van der Waals surface area contributed by atoms with E-state index < -0.39 is 61.0 Å². The van der Waals surface area contributed by atoms with E-state index in [1.54, 1.807) is 18.2 Å². The van der Waals surface area contributed by atoms with Crippen LogP contribution in [0.15, 0.2) is 30.3 Å². The van der Waals surface area contributed by atoms with Gasteiger partial charge in [0.1, 0.15) is 31.0 Å². The van der Waals surface area contributed by atoms with E-state index in [-0.39, 0.29) is 76.9 Å². The minimum absolute atomic E-state index is 0.0526. The average Bonchev–Trinajstić information content (AvgIpc) is 3.18. The summed E-state index contributed by atoms with van der Waals surface area (Å²) in [5.41, 5.74) is 1.67. The Labute approximate surface area is 310 Å². The molecule has 0 spiro atoms. The van der Waals surface area contributed by atoms with E-state index >= 15 is 0 Å². The smallest absolute Gasteiger partial charge is 0.338 e. The van der Waals surface area contributed by atoms with Crippen molar-refractivity contribution in [2.75, 3.05) is 62.5 Å². The number of hydrogen-bond donors (Lipinski definition) is 7. The molecule has 3 aromatic carbocycles. The molecule has 8 atom stereocenters. The fraction of sp³-hybridized carbons (Fsp3) is 0.486. The van der Waals surface area contributed by atoms with Gasteiger partial charge in [-0.1, -0.05) is 0 Å². The first kappa shape index (κ1) is 40.3. The molecule has 17 nitrogen and oxygen atoms in total. The van der Waals surface area contributed by atoms with Crippen LogP contribution in [-0.2, 0) is 20.6 Å². The second-order valence-electron chi connectivity index (χ2n) is 12.8. The number of ether oxygens (including phenoxy) is 9. The third-order valence-electron chi connectivity index (χ3n) is 9.91. The number of phenols is 3. The number of aliphatic hydroxyl groups is 4. The van der Waals surface area contributed by atoms with Gasteiger partial charge >= 0.3 is 5.97 Å². The fourth-order valence-electron chi connectivity index (χ4n) is 7.07. The van der Waals surface area contributed by atoms with Crippen molar-refractivity contribution >= 4 is 5.97 Å². The zero-order chi connectivity index (χ0) is 39.4. The Kier molecular flexibility index (Phi) is 12.7. The summed E-state index contributed by atoms with van der Waals surface area (Å²) in [5.74, 6) is -3.35. The number of aliphatic hydroxyl groups excluding tert-OH is 4. The van der Waals surface area contributed by atoms with Crippen LogP contribution < -0.4 is 28.4 Å². The molecule has 7 N–H and O–H groups in total. The van der Waals surface area contributed by atoms with Crippen molar-refractivity contribution in [3.8, 4) is 51.7 Å². The quantitative estimate of drug-likeness (QED) is 0.115. The second-order valence-corrected chi connectivity index (χ2v) is 12.8. The summed E-state index contributed by atoms with van der Waals surface area (Å²) in [6.45, 7) is -1.15. The molecule has 0 unspecified atom stereocenters. The first-order valence-corrected chi connectivity index (χ1v) is 16.8. The van der Waals surface area contributed by atoms with Crippen LogP contribution in [0.1, 0.15) is 33.0 Å². The number of rotatable bonds is 14. The van der Waals surface area contributed by atoms with Gasteiger partial charge in [0.2, 0.25) is 17.2 Å². The van der Waals surface area contributed by atoms with E-state index in [1.807, 2.05) is 0 Å². The number of methoxy groups -OCH3 is 6. The Hall–Kier alpha value is -4.91. The number of carbonyl (C=O) groups excluding carboxylic acids is 1. The standard InChI is InChI=1S/C37H46O17/c1-46-21-9-17(10-22(47-2)29(21)39)27-20(19(13-38)7-16-8-25(50-5)32(42)35(51-6)28(16)27)14-53-37-34(44)33(43)31(41)26(54-37)15-52-36(45)18-11-23(48-3)30(40)24(12-18)49-4/h8-12,19-20,26-27,31,33-34,37-44H,7,13-15H2,1-6H3/t19-,20-,26+,27+,31+,33-,34+,37-/m0/s1. The predicted octanol–water partition coefficient (Wildman–Crippen LogP) is 1.45. The summed E-state index contributed by atoms with van der Waals surface area (Å²) < 4.78 is 49.5. The summed E-state index contributed by atoms with van der Waals surface area (Å²) in [7, 11) is 8.09. The number of aromatic hydroxyl groups is 3. The molecule has 0 radical (unpaired) electrons. The molecule has 17 heteroatoms. The van der Waals surface area contributed by atoms with Crippen LogP contribution >= 0.6 is 0 Å². The zero-order valence-corrected chi connectivity index (χ0v) is 30.5. The minimum Gasteiger partial charge on any atom is -0.502 e. The van der Waals surface area contributed by atoms with E-state index in [9.17, 15) is 40.5 Å². The molecule has 1 aliphatic carbocycles. The normalized spacial score (nSPS) is 24.9. The van der Waals surface area contributed by atoms with Gasteiger partial charge in [-0.15, -0.1) is 0 Å². The largest absolute Gasteiger partial charge is 0.502 e. The SMILES string of the molecule is COc1cc(C(=O)OC[C@H]2O[C@H](OC[C@H]3[C@H](CO)Cc4cc(OC)c(O)c(OC)c4[C@@H]3c3cc(OC)c(O)c(OC)c3)[C@H](O)[C@@H](O)[C@@H]2O)cc(OC)c1O. The van der Waals surface area contributed by atoms with E-state index in [4.69, 9.17) is 42.6 Å². The van der Waals surface area contributed by atoms with Gasteiger partial charge in [-0.2, -0.15) is 0 Å². The minimum atomic E-state index is -1.78. The molecule has 0 saturated carbocycles. The van der Waals surface area contributed by atoms with Crippen LogP contribution in [0.2, 0.25) is 0 Å². The molecule has 3 aromatic rings. The Morgan fingerprint density at radius 1 is 0.704 bits per heavy atom. The highest BCUT2D eigenvalue weighted by Crippen LogP contribution is 2.54. The van der Waals surface area contributed by atoms with Crippen molar-refractivity contribution in [1.29, 1.82) is 0 Å². The molecule has 5 rings (SSSR count). The molecule has 1 heterocycles. The second kappa shape index (κ2) is 17.0. The summed E-state index contributed by atoms with van der Waals surface area (Å²) >= 11 is 0. The lowest BCUT2D eigenvalue weighted by molar-refractivity contribution is -0.304. The first-order valence-electron chi connectivity index (χ1n) is 16.8. The van der Waals surface area contributed by atoms with Gasteiger partial charge in [0.15, 0.2) is 40.8 Å². The van der Waals surface area contributed by atoms with Gasteiger partial charge in [-0.3, -0.25) is 0 Å². The summed E-state index contributed by atoms with van der Waals surface area (Å²) in [6, 6.07) is 7.26. The first-order chi connectivity index (χ1) is 25.9. The molecule has 1 aliphatic heterocycles. The molecule has 0 bridgehead atoms. The fourth-order valence-corrected chi connectivity index (χ4v) is 7.07. The van der Waals surface area contributed by atoms with Crippen LogP contribution in [0.25, 0.3) is 0 Å². The average molecular weight is 763 g/mol. The Morgan fingerprint density at radius 2 is 1.24 bits per heavy atom. The highest BCUT2D eigenvalue weighted by Gasteiger charge is 2.47. The lowest BCUT2D eigenvalue weighted by Crippen LogP contribution is -2.59. The van der Waals surface area contributed by atoms with Crippen molar-refractivity contribution in [2.24, 2.45) is 11.8 Å². The maximum absolute atomic E-state index is 13.0. The predicted molar refractivity (Wildman–Crippen MR) is 186 cm³/mol. The topological polar surface area (TPSA) is 242 Å². The Bertz CT molecular complexity index is 1750. The van der Waals surface area contributed by atoms with Crippen LogP contribution in [0, 0.1) is 11.8 Å². The third-order valence-corrected chi connectivity index (χ3v) is 9.91. The maximum Gasteiger partial charge on any atom is 0.338 e. The lowest BCUT2D eigenvalue weighted by Gasteiger charge is -2.43. The van der Waals surface area contributed by atoms with Crippen molar-refractivity contribution in [2.45, 2.75) is 43.0 Å². The highest BCUT2D eigenvalue weighted by molar-refractivity contribution is 5.91. The molecule has 0 amide bonds. The van der Waals surface area contributed by atoms with E-state index in [0.717, 1.165) is 0 Å². The van der Waals surface area contributed by atoms with Gasteiger partial charge in [0.25, 0.3) is 0 Å². The van der Waals surface area contributed by atoms with Gasteiger partial charge in [0.05, 0.1) is 54.8 Å². The van der Waals surface area contributed by atoms with Crippen molar-refractivity contribution in [3.05, 3.63) is 52.6 Å². The number of fused-ring (bicyclic) bond motifs is 1. The van der Waals surface area contributed by atoms with E-state index in [0.29, 0.717) is 16.7 Å². The van der Waals surface area contributed by atoms with Crippen molar-refractivity contribution in [3.63, 3.8) is 0 Å². The van der Waals surface area contributed by atoms with Crippen LogP contribution in [0.5, 0.6) is 51.7 Å². The Balaban J connectivity index is 1.46. The van der Waals surface area contributed by atoms with E-state index in [1.165, 1.54) is 54.8 Å². The molecule has 296 valence electrons. The van der Waals surface area contributed by atoms with Crippen LogP contribution in [0.3, 0.4) is 0 Å². The van der Waals surface area contributed by atoms with Crippen molar-refractivity contribution in [1.82, 2.24) is 0 Å². The lowest BCUT2D eigenvalue weighted by atomic mass is 9.66. The number of carbonyl (C=O) groups is 1. The molecule has 1 fully saturated rings. The molecular formula is C37H46O17. The molecule has 54 heavy (non-hydrogen) atoms. The number of benzene rings is 3. The summed E-state index contributed by atoms with van der Waals surface area (Å²) in [5, 5.41) is 75.3. The van der Waals surface area contributed by atoms with Gasteiger partial charge in [-0.25, -0.2) is 4.79 Å². The summed E-state index contributed by atoms with van der Waals surface area (Å²) in [6.07, 6.45) is -7.89. The number of esters is 1. The molecular weight excluding hydrogens is 716 g/mol. The molecule has 1 saturated heterocycles. The highest BCUT2D eigenvalue weighted by atomic mass is 16.7. The van der Waals surface area contributed by atoms with Crippen molar-refractivity contribution < 1.29 is 83.2 Å². The van der Waals surface area contributed by atoms with Gasteiger partial charge in [-0.05, 0) is 59.7 Å². The molecule has 2 aliphatic rings. The zero-order valence-electron chi connectivity index (χ0n) is 30.5. The van der Waals surface area contributed by atoms with Crippen LogP contribution in [-0.4, -0.2) is 135 Å². The number of phenolic OH excluding ortho intramolecular Hbond substituents is 3.